The van der Waals surface area contributed by atoms with Gasteiger partial charge < -0.3 is 15.0 Å². The Morgan fingerprint density at radius 1 is 1.03 bits per heavy atom. The lowest BCUT2D eigenvalue weighted by molar-refractivity contribution is 0.0697. The van der Waals surface area contributed by atoms with Gasteiger partial charge in [0.25, 0.3) is 0 Å². The molecule has 1 aliphatic rings. The highest BCUT2D eigenvalue weighted by molar-refractivity contribution is 5.96. The second kappa shape index (κ2) is 6.73. The number of carboxylic acids is 1. The number of anilines is 1. The SMILES string of the molecule is CN(C)c1cccc(-c2ccc3c4c([nH]c3c2F)-c2ccc(C(=O)O)cc2CC4)c1. The van der Waals surface area contributed by atoms with Crippen LogP contribution in [0.4, 0.5) is 10.1 Å². The van der Waals surface area contributed by atoms with Crippen LogP contribution in [0.15, 0.2) is 54.6 Å². The minimum absolute atomic E-state index is 0.262. The average molecular weight is 400 g/mol. The molecule has 0 bridgehead atoms. The molecule has 30 heavy (non-hydrogen) atoms. The molecule has 0 radical (unpaired) electrons. The Bertz CT molecular complexity index is 1320. The molecule has 150 valence electrons. The summed E-state index contributed by atoms with van der Waals surface area (Å²) in [5.74, 6) is -1.20. The molecule has 0 amide bonds. The number of H-pyrrole nitrogens is 1. The Labute approximate surface area is 173 Å². The molecule has 0 unspecified atom stereocenters. The lowest BCUT2D eigenvalue weighted by atomic mass is 9.88. The summed E-state index contributed by atoms with van der Waals surface area (Å²) >= 11 is 0. The number of carboxylic acid groups (broad SMARTS) is 1. The number of halogens is 1. The largest absolute Gasteiger partial charge is 0.478 e. The number of fused-ring (bicyclic) bond motifs is 5. The van der Waals surface area contributed by atoms with Crippen LogP contribution in [0, 0.1) is 5.82 Å². The molecule has 0 spiro atoms. The first kappa shape index (κ1) is 18.4. The van der Waals surface area contributed by atoms with Crippen LogP contribution in [0.3, 0.4) is 0 Å². The summed E-state index contributed by atoms with van der Waals surface area (Å²) < 4.78 is 15.6. The predicted octanol–water partition coefficient (Wildman–Crippen LogP) is 5.50. The number of aromatic nitrogens is 1. The summed E-state index contributed by atoms with van der Waals surface area (Å²) in [6.07, 6.45) is 1.49. The lowest BCUT2D eigenvalue weighted by Gasteiger charge is -2.17. The number of rotatable bonds is 3. The molecule has 5 rings (SSSR count). The topological polar surface area (TPSA) is 56.3 Å². The van der Waals surface area contributed by atoms with E-state index in [1.54, 1.807) is 12.1 Å². The zero-order chi connectivity index (χ0) is 21.0. The van der Waals surface area contributed by atoms with E-state index in [1.807, 2.05) is 61.5 Å². The molecule has 5 heteroatoms. The number of aryl methyl sites for hydroxylation is 2. The van der Waals surface area contributed by atoms with Crippen LogP contribution in [0.25, 0.3) is 33.3 Å². The van der Waals surface area contributed by atoms with Gasteiger partial charge in [-0.15, -0.1) is 0 Å². The molecule has 1 heterocycles. The molecule has 3 aromatic carbocycles. The van der Waals surface area contributed by atoms with Crippen molar-refractivity contribution in [1.82, 2.24) is 4.98 Å². The van der Waals surface area contributed by atoms with Gasteiger partial charge in [-0.05, 0) is 53.8 Å². The van der Waals surface area contributed by atoms with Gasteiger partial charge in [0.2, 0.25) is 0 Å². The maximum atomic E-state index is 15.6. The van der Waals surface area contributed by atoms with Crippen molar-refractivity contribution in [2.45, 2.75) is 12.8 Å². The van der Waals surface area contributed by atoms with Gasteiger partial charge in [0.15, 0.2) is 5.82 Å². The van der Waals surface area contributed by atoms with Gasteiger partial charge in [-0.2, -0.15) is 0 Å². The highest BCUT2D eigenvalue weighted by Crippen LogP contribution is 2.40. The highest BCUT2D eigenvalue weighted by atomic mass is 19.1. The Kier molecular flexibility index (Phi) is 4.13. The predicted molar refractivity (Wildman–Crippen MR) is 118 cm³/mol. The third kappa shape index (κ3) is 2.77. The standard InChI is InChI=1S/C25H21FN2O2/c1-28(2)17-5-3-4-14(13-17)18-10-11-21-20-9-6-15-12-16(25(29)30)7-8-19(15)23(20)27-24(21)22(18)26/h3-5,7-8,10-13,27H,6,9H2,1-2H3,(H,29,30). The first-order valence-electron chi connectivity index (χ1n) is 9.91. The number of carbonyl (C=O) groups is 1. The van der Waals surface area contributed by atoms with Crippen LogP contribution < -0.4 is 4.90 Å². The van der Waals surface area contributed by atoms with E-state index in [0.29, 0.717) is 11.1 Å². The molecule has 0 atom stereocenters. The van der Waals surface area contributed by atoms with E-state index in [0.717, 1.165) is 51.9 Å². The molecule has 0 saturated heterocycles. The van der Waals surface area contributed by atoms with E-state index in [9.17, 15) is 9.90 Å². The van der Waals surface area contributed by atoms with Gasteiger partial charge in [0.1, 0.15) is 0 Å². The molecule has 4 aromatic rings. The quantitative estimate of drug-likeness (QED) is 0.477. The molecule has 4 nitrogen and oxygen atoms in total. The minimum Gasteiger partial charge on any atom is -0.478 e. The number of aromatic amines is 1. The highest BCUT2D eigenvalue weighted by Gasteiger charge is 2.24. The molecule has 1 aliphatic carbocycles. The van der Waals surface area contributed by atoms with Crippen molar-refractivity contribution in [2.24, 2.45) is 0 Å². The first-order chi connectivity index (χ1) is 14.4. The molecule has 1 aromatic heterocycles. The molecule has 0 aliphatic heterocycles. The van der Waals surface area contributed by atoms with Crippen LogP contribution in [-0.2, 0) is 12.8 Å². The monoisotopic (exact) mass is 400 g/mol. The number of nitrogens with one attached hydrogen (secondary N) is 1. The third-order valence-electron chi connectivity index (χ3n) is 5.96. The molecule has 2 N–H and O–H groups in total. The lowest BCUT2D eigenvalue weighted by Crippen LogP contribution is -2.08. The van der Waals surface area contributed by atoms with E-state index in [1.165, 1.54) is 0 Å². The molecule has 0 saturated carbocycles. The second-order valence-electron chi connectivity index (χ2n) is 7.95. The van der Waals surface area contributed by atoms with Crippen molar-refractivity contribution in [3.8, 4) is 22.4 Å². The van der Waals surface area contributed by atoms with Crippen molar-refractivity contribution < 1.29 is 14.3 Å². The smallest absolute Gasteiger partial charge is 0.335 e. The van der Waals surface area contributed by atoms with Gasteiger partial charge in [-0.1, -0.05) is 30.3 Å². The van der Waals surface area contributed by atoms with Crippen molar-refractivity contribution in [1.29, 1.82) is 0 Å². The van der Waals surface area contributed by atoms with Gasteiger partial charge in [-0.25, -0.2) is 9.18 Å². The fourth-order valence-electron chi connectivity index (χ4n) is 4.39. The summed E-state index contributed by atoms with van der Waals surface area (Å²) in [5.41, 5.74) is 7.10. The fourth-order valence-corrected chi connectivity index (χ4v) is 4.39. The summed E-state index contributed by atoms with van der Waals surface area (Å²) in [6.45, 7) is 0. The van der Waals surface area contributed by atoms with Crippen LogP contribution in [-0.4, -0.2) is 30.2 Å². The van der Waals surface area contributed by atoms with Crippen LogP contribution in [0.5, 0.6) is 0 Å². The summed E-state index contributed by atoms with van der Waals surface area (Å²) in [5, 5.41) is 10.2. The molecular weight excluding hydrogens is 379 g/mol. The van der Waals surface area contributed by atoms with Gasteiger partial charge >= 0.3 is 5.97 Å². The summed E-state index contributed by atoms with van der Waals surface area (Å²) in [6, 6.07) is 16.8. The number of hydrogen-bond donors (Lipinski definition) is 2. The Hall–Kier alpha value is -3.60. The van der Waals surface area contributed by atoms with Gasteiger partial charge in [0.05, 0.1) is 16.8 Å². The number of nitrogens with zero attached hydrogens (tertiary/aromatic N) is 1. The van der Waals surface area contributed by atoms with Crippen molar-refractivity contribution in [2.75, 3.05) is 19.0 Å². The Morgan fingerprint density at radius 3 is 2.60 bits per heavy atom. The van der Waals surface area contributed by atoms with E-state index >= 15 is 4.39 Å². The van der Waals surface area contributed by atoms with Gasteiger partial charge in [0, 0.05) is 36.3 Å². The number of aromatic carboxylic acids is 1. The summed E-state index contributed by atoms with van der Waals surface area (Å²) in [4.78, 5) is 16.6. The van der Waals surface area contributed by atoms with E-state index in [4.69, 9.17) is 0 Å². The second-order valence-corrected chi connectivity index (χ2v) is 7.95. The number of benzene rings is 3. The first-order valence-corrected chi connectivity index (χ1v) is 9.91. The van der Waals surface area contributed by atoms with E-state index in [2.05, 4.69) is 4.98 Å². The van der Waals surface area contributed by atoms with E-state index in [-0.39, 0.29) is 11.4 Å². The summed E-state index contributed by atoms with van der Waals surface area (Å²) in [7, 11) is 3.93. The van der Waals surface area contributed by atoms with E-state index < -0.39 is 5.97 Å². The van der Waals surface area contributed by atoms with Gasteiger partial charge in [-0.3, -0.25) is 0 Å². The Balaban J connectivity index is 1.67. The molecular formula is C25H21FN2O2. The maximum absolute atomic E-state index is 15.6. The number of hydrogen-bond acceptors (Lipinski definition) is 2. The molecule has 0 fully saturated rings. The zero-order valence-corrected chi connectivity index (χ0v) is 16.8. The van der Waals surface area contributed by atoms with Crippen LogP contribution in [0.1, 0.15) is 21.5 Å². The fraction of sp³-hybridized carbons (Fsp3) is 0.160. The van der Waals surface area contributed by atoms with Crippen molar-refractivity contribution >= 4 is 22.6 Å². The third-order valence-corrected chi connectivity index (χ3v) is 5.96. The zero-order valence-electron chi connectivity index (χ0n) is 16.8. The van der Waals surface area contributed by atoms with Crippen molar-refractivity contribution in [3.63, 3.8) is 0 Å². The van der Waals surface area contributed by atoms with Crippen LogP contribution in [0.2, 0.25) is 0 Å². The minimum atomic E-state index is -0.934. The Morgan fingerprint density at radius 2 is 1.83 bits per heavy atom. The van der Waals surface area contributed by atoms with Crippen LogP contribution >= 0.6 is 0 Å². The maximum Gasteiger partial charge on any atom is 0.335 e. The normalized spacial score (nSPS) is 12.5. The van der Waals surface area contributed by atoms with Crippen molar-refractivity contribution in [3.05, 3.63) is 77.1 Å². The average Bonchev–Trinajstić information content (AvgIpc) is 3.13.